The molecule has 0 amide bonds. The molecular formula is C14H29N3O. The van der Waals surface area contributed by atoms with Gasteiger partial charge in [0.1, 0.15) is 0 Å². The van der Waals surface area contributed by atoms with E-state index in [-0.39, 0.29) is 12.1 Å². The highest BCUT2D eigenvalue weighted by Crippen LogP contribution is 2.27. The number of hydrogen-bond donors (Lipinski definition) is 2. The van der Waals surface area contributed by atoms with Gasteiger partial charge in [-0.1, -0.05) is 6.92 Å². The zero-order valence-electron chi connectivity index (χ0n) is 12.0. The lowest BCUT2D eigenvalue weighted by Gasteiger charge is -2.37. The summed E-state index contributed by atoms with van der Waals surface area (Å²) in [7, 11) is 0. The van der Waals surface area contributed by atoms with Crippen LogP contribution in [-0.4, -0.2) is 72.4 Å². The SMILES string of the molecule is CCNC(C)(CO)CCN1CCN(C2CC2)CC1. The highest BCUT2D eigenvalue weighted by Gasteiger charge is 2.31. The monoisotopic (exact) mass is 255 g/mol. The van der Waals surface area contributed by atoms with Crippen molar-refractivity contribution in [1.82, 2.24) is 15.1 Å². The van der Waals surface area contributed by atoms with Crippen LogP contribution in [0.2, 0.25) is 0 Å². The summed E-state index contributed by atoms with van der Waals surface area (Å²) in [5, 5.41) is 12.9. The average Bonchev–Trinajstić information content (AvgIpc) is 3.22. The molecule has 2 rings (SSSR count). The highest BCUT2D eigenvalue weighted by molar-refractivity contribution is 4.88. The predicted octanol–water partition coefficient (Wildman–Crippen LogP) is 0.517. The molecule has 0 spiro atoms. The smallest absolute Gasteiger partial charge is 0.0611 e. The van der Waals surface area contributed by atoms with Crippen LogP contribution in [0.4, 0.5) is 0 Å². The first-order valence-corrected chi connectivity index (χ1v) is 7.49. The molecule has 1 unspecified atom stereocenters. The van der Waals surface area contributed by atoms with Crippen LogP contribution >= 0.6 is 0 Å². The van der Waals surface area contributed by atoms with Crippen LogP contribution in [0, 0.1) is 0 Å². The van der Waals surface area contributed by atoms with Crippen molar-refractivity contribution in [1.29, 1.82) is 0 Å². The fraction of sp³-hybridized carbons (Fsp3) is 1.00. The molecule has 1 atom stereocenters. The van der Waals surface area contributed by atoms with Gasteiger partial charge in [-0.25, -0.2) is 0 Å². The molecule has 0 aromatic heterocycles. The highest BCUT2D eigenvalue weighted by atomic mass is 16.3. The minimum absolute atomic E-state index is 0.109. The lowest BCUT2D eigenvalue weighted by molar-refractivity contribution is 0.103. The molecule has 4 nitrogen and oxygen atoms in total. The molecule has 2 aliphatic rings. The Morgan fingerprint density at radius 2 is 1.89 bits per heavy atom. The van der Waals surface area contributed by atoms with Gasteiger partial charge in [-0.3, -0.25) is 4.90 Å². The van der Waals surface area contributed by atoms with Crippen molar-refractivity contribution >= 4 is 0 Å². The van der Waals surface area contributed by atoms with Gasteiger partial charge in [0.05, 0.1) is 6.61 Å². The molecule has 1 saturated heterocycles. The Bertz CT molecular complexity index is 249. The summed E-state index contributed by atoms with van der Waals surface area (Å²) in [4.78, 5) is 5.19. The normalized spacial score (nSPS) is 26.2. The van der Waals surface area contributed by atoms with Gasteiger partial charge in [0, 0.05) is 44.3 Å². The van der Waals surface area contributed by atoms with Gasteiger partial charge in [-0.2, -0.15) is 0 Å². The summed E-state index contributed by atoms with van der Waals surface area (Å²) in [6, 6.07) is 0.914. The maximum Gasteiger partial charge on any atom is 0.0611 e. The number of aliphatic hydroxyl groups excluding tert-OH is 1. The lowest BCUT2D eigenvalue weighted by atomic mass is 9.98. The molecule has 4 heteroatoms. The maximum atomic E-state index is 9.48. The second-order valence-corrected chi connectivity index (χ2v) is 6.11. The number of nitrogens with zero attached hydrogens (tertiary/aromatic N) is 2. The molecule has 1 saturated carbocycles. The lowest BCUT2D eigenvalue weighted by Crippen LogP contribution is -2.51. The van der Waals surface area contributed by atoms with E-state index in [0.29, 0.717) is 0 Å². The van der Waals surface area contributed by atoms with Crippen molar-refractivity contribution < 1.29 is 5.11 Å². The number of aliphatic hydroxyl groups is 1. The standard InChI is InChI=1S/C14H29N3O/c1-3-15-14(2,12-18)6-7-16-8-10-17(11-9-16)13-4-5-13/h13,15,18H,3-12H2,1-2H3. The Morgan fingerprint density at radius 1 is 1.22 bits per heavy atom. The van der Waals surface area contributed by atoms with Gasteiger partial charge in [0.15, 0.2) is 0 Å². The van der Waals surface area contributed by atoms with Crippen molar-refractivity contribution in [3.63, 3.8) is 0 Å². The zero-order valence-corrected chi connectivity index (χ0v) is 12.0. The van der Waals surface area contributed by atoms with Crippen LogP contribution in [0.1, 0.15) is 33.1 Å². The molecule has 106 valence electrons. The third-order valence-electron chi connectivity index (χ3n) is 4.40. The molecule has 0 bridgehead atoms. The van der Waals surface area contributed by atoms with E-state index >= 15 is 0 Å². The molecule has 0 aromatic rings. The second-order valence-electron chi connectivity index (χ2n) is 6.11. The predicted molar refractivity (Wildman–Crippen MR) is 74.8 cm³/mol. The second kappa shape index (κ2) is 6.33. The van der Waals surface area contributed by atoms with E-state index in [1.54, 1.807) is 0 Å². The largest absolute Gasteiger partial charge is 0.394 e. The quantitative estimate of drug-likeness (QED) is 0.695. The molecule has 0 aromatic carbocycles. The number of likely N-dealkylation sites (N-methyl/N-ethyl adjacent to an activating group) is 1. The van der Waals surface area contributed by atoms with E-state index in [1.165, 1.54) is 39.0 Å². The minimum Gasteiger partial charge on any atom is -0.394 e. The summed E-state index contributed by atoms with van der Waals surface area (Å²) >= 11 is 0. The van der Waals surface area contributed by atoms with Crippen LogP contribution in [0.15, 0.2) is 0 Å². The van der Waals surface area contributed by atoms with Crippen molar-refractivity contribution in [2.75, 3.05) is 45.9 Å². The summed E-state index contributed by atoms with van der Waals surface area (Å²) in [5.41, 5.74) is -0.109. The number of hydrogen-bond acceptors (Lipinski definition) is 4. The maximum absolute atomic E-state index is 9.48. The van der Waals surface area contributed by atoms with E-state index in [0.717, 1.165) is 25.6 Å². The number of rotatable bonds is 7. The van der Waals surface area contributed by atoms with Gasteiger partial charge < -0.3 is 15.3 Å². The first-order valence-electron chi connectivity index (χ1n) is 7.49. The topological polar surface area (TPSA) is 38.7 Å². The van der Waals surface area contributed by atoms with E-state index in [4.69, 9.17) is 0 Å². The molecule has 1 heterocycles. The fourth-order valence-electron chi connectivity index (χ4n) is 2.85. The molecule has 2 fully saturated rings. The van der Waals surface area contributed by atoms with Gasteiger partial charge in [-0.15, -0.1) is 0 Å². The Kier molecular flexibility index (Phi) is 5.01. The first-order chi connectivity index (χ1) is 8.67. The molecule has 0 radical (unpaired) electrons. The van der Waals surface area contributed by atoms with Crippen LogP contribution < -0.4 is 5.32 Å². The van der Waals surface area contributed by atoms with Gasteiger partial charge in [0.2, 0.25) is 0 Å². The zero-order chi connectivity index (χ0) is 13.0. The molecular weight excluding hydrogens is 226 g/mol. The number of piperazine rings is 1. The van der Waals surface area contributed by atoms with E-state index in [2.05, 4.69) is 29.0 Å². The van der Waals surface area contributed by atoms with Gasteiger partial charge >= 0.3 is 0 Å². The third-order valence-corrected chi connectivity index (χ3v) is 4.40. The Balaban J connectivity index is 1.67. The summed E-state index contributed by atoms with van der Waals surface area (Å²) in [6.07, 6.45) is 3.87. The van der Waals surface area contributed by atoms with Crippen molar-refractivity contribution in [2.24, 2.45) is 0 Å². The van der Waals surface area contributed by atoms with Gasteiger partial charge in [-0.05, 0) is 32.7 Å². The van der Waals surface area contributed by atoms with Crippen molar-refractivity contribution in [3.8, 4) is 0 Å². The van der Waals surface area contributed by atoms with Crippen molar-refractivity contribution in [3.05, 3.63) is 0 Å². The van der Waals surface area contributed by atoms with E-state index in [1.807, 2.05) is 0 Å². The molecule has 18 heavy (non-hydrogen) atoms. The minimum atomic E-state index is -0.109. The number of nitrogens with one attached hydrogen (secondary N) is 1. The van der Waals surface area contributed by atoms with Crippen LogP contribution in [0.3, 0.4) is 0 Å². The Hall–Kier alpha value is -0.160. The van der Waals surface area contributed by atoms with E-state index < -0.39 is 0 Å². The van der Waals surface area contributed by atoms with Crippen LogP contribution in [-0.2, 0) is 0 Å². The third kappa shape index (κ3) is 3.92. The summed E-state index contributed by atoms with van der Waals surface area (Å²) in [5.74, 6) is 0. The van der Waals surface area contributed by atoms with Gasteiger partial charge in [0.25, 0.3) is 0 Å². The molecule has 1 aliphatic heterocycles. The van der Waals surface area contributed by atoms with Crippen LogP contribution in [0.5, 0.6) is 0 Å². The molecule has 2 N–H and O–H groups in total. The fourth-order valence-corrected chi connectivity index (χ4v) is 2.85. The molecule has 1 aliphatic carbocycles. The average molecular weight is 255 g/mol. The summed E-state index contributed by atoms with van der Waals surface area (Å²) in [6.45, 7) is 11.3. The first kappa shape index (κ1) is 14.3. The Labute approximate surface area is 111 Å². The van der Waals surface area contributed by atoms with Crippen LogP contribution in [0.25, 0.3) is 0 Å². The van der Waals surface area contributed by atoms with Crippen molar-refractivity contribution in [2.45, 2.75) is 44.7 Å². The Morgan fingerprint density at radius 3 is 2.39 bits per heavy atom. The van der Waals surface area contributed by atoms with E-state index in [9.17, 15) is 5.11 Å². The summed E-state index contributed by atoms with van der Waals surface area (Å²) < 4.78 is 0.